The number of aromatic amines is 1. The maximum atomic E-state index is 12.2. The molecule has 1 amide bonds. The summed E-state index contributed by atoms with van der Waals surface area (Å²) >= 11 is 0. The van der Waals surface area contributed by atoms with Crippen molar-refractivity contribution in [3.8, 4) is 11.5 Å². The average molecular weight is 350 g/mol. The van der Waals surface area contributed by atoms with E-state index in [-0.39, 0.29) is 11.5 Å². The maximum absolute atomic E-state index is 12.2. The topological polar surface area (TPSA) is 106 Å². The molecule has 3 aromatic rings. The fourth-order valence-electron chi connectivity index (χ4n) is 2.58. The van der Waals surface area contributed by atoms with Crippen LogP contribution in [-0.4, -0.2) is 35.3 Å². The van der Waals surface area contributed by atoms with Gasteiger partial charge in [0.1, 0.15) is 13.2 Å². The Labute approximate surface area is 147 Å². The van der Waals surface area contributed by atoms with Crippen molar-refractivity contribution in [2.45, 2.75) is 0 Å². The van der Waals surface area contributed by atoms with Gasteiger partial charge in [0.15, 0.2) is 11.5 Å². The molecule has 0 fully saturated rings. The van der Waals surface area contributed by atoms with E-state index in [2.05, 4.69) is 20.5 Å². The predicted molar refractivity (Wildman–Crippen MR) is 94.9 cm³/mol. The van der Waals surface area contributed by atoms with Crippen molar-refractivity contribution >= 4 is 23.0 Å². The number of aromatic nitrogens is 2. The SMILES string of the molecule is O=C(N/N=C/c1cc2cc3c(cc2[nH]c1=O)OCCO3)c1ccncc1. The van der Waals surface area contributed by atoms with Crippen LogP contribution in [0.2, 0.25) is 0 Å². The monoisotopic (exact) mass is 350 g/mol. The zero-order valence-corrected chi connectivity index (χ0v) is 13.6. The first-order valence-electron chi connectivity index (χ1n) is 7.91. The molecule has 8 nitrogen and oxygen atoms in total. The minimum absolute atomic E-state index is 0.309. The molecule has 2 N–H and O–H groups in total. The van der Waals surface area contributed by atoms with E-state index < -0.39 is 0 Å². The molecular formula is C18H14N4O4. The molecule has 26 heavy (non-hydrogen) atoms. The van der Waals surface area contributed by atoms with Crippen molar-refractivity contribution in [3.05, 3.63) is 64.2 Å². The Bertz CT molecular complexity index is 1060. The molecular weight excluding hydrogens is 336 g/mol. The molecule has 4 rings (SSSR count). The van der Waals surface area contributed by atoms with E-state index in [1.54, 1.807) is 30.3 Å². The molecule has 3 heterocycles. The van der Waals surface area contributed by atoms with E-state index in [0.29, 0.717) is 41.4 Å². The summed E-state index contributed by atoms with van der Waals surface area (Å²) in [6, 6.07) is 8.34. The molecule has 1 aliphatic rings. The lowest BCUT2D eigenvalue weighted by molar-refractivity contribution is 0.0955. The van der Waals surface area contributed by atoms with Crippen LogP contribution >= 0.6 is 0 Å². The molecule has 0 saturated heterocycles. The van der Waals surface area contributed by atoms with Crippen LogP contribution in [-0.2, 0) is 0 Å². The average Bonchev–Trinajstić information content (AvgIpc) is 2.67. The van der Waals surface area contributed by atoms with Crippen molar-refractivity contribution in [2.75, 3.05) is 13.2 Å². The summed E-state index contributed by atoms with van der Waals surface area (Å²) in [6.45, 7) is 0.960. The lowest BCUT2D eigenvalue weighted by Crippen LogP contribution is -2.19. The summed E-state index contributed by atoms with van der Waals surface area (Å²) in [6.07, 6.45) is 4.33. The quantitative estimate of drug-likeness (QED) is 0.549. The van der Waals surface area contributed by atoms with Gasteiger partial charge in [0, 0.05) is 29.4 Å². The number of fused-ring (bicyclic) bond motifs is 2. The summed E-state index contributed by atoms with van der Waals surface area (Å²) < 4.78 is 11.1. The van der Waals surface area contributed by atoms with Crippen LogP contribution in [0.1, 0.15) is 15.9 Å². The van der Waals surface area contributed by atoms with Crippen LogP contribution < -0.4 is 20.5 Å². The second-order valence-corrected chi connectivity index (χ2v) is 5.57. The molecule has 8 heteroatoms. The lowest BCUT2D eigenvalue weighted by atomic mass is 10.1. The second kappa shape index (κ2) is 6.67. The molecule has 0 radical (unpaired) electrons. The van der Waals surface area contributed by atoms with E-state index >= 15 is 0 Å². The number of amides is 1. The fraction of sp³-hybridized carbons (Fsp3) is 0.111. The molecule has 0 spiro atoms. The summed E-state index contributed by atoms with van der Waals surface area (Å²) in [5.41, 5.74) is 3.43. The van der Waals surface area contributed by atoms with E-state index in [9.17, 15) is 9.59 Å². The number of H-pyrrole nitrogens is 1. The molecule has 0 bridgehead atoms. The Hall–Kier alpha value is -3.68. The maximum Gasteiger partial charge on any atom is 0.271 e. The summed E-state index contributed by atoms with van der Waals surface area (Å²) in [5, 5.41) is 4.63. The minimum atomic E-state index is -0.388. The van der Waals surface area contributed by atoms with E-state index in [0.717, 1.165) is 5.39 Å². The van der Waals surface area contributed by atoms with Crippen LogP contribution in [0.25, 0.3) is 10.9 Å². The first-order valence-corrected chi connectivity index (χ1v) is 7.91. The molecule has 0 aliphatic carbocycles. The van der Waals surface area contributed by atoms with Crippen molar-refractivity contribution < 1.29 is 14.3 Å². The molecule has 0 unspecified atom stereocenters. The van der Waals surface area contributed by atoms with Gasteiger partial charge in [0.05, 0.1) is 17.3 Å². The number of hydrazone groups is 1. The van der Waals surface area contributed by atoms with Gasteiger partial charge >= 0.3 is 0 Å². The Kier molecular flexibility index (Phi) is 4.06. The highest BCUT2D eigenvalue weighted by Crippen LogP contribution is 2.33. The molecule has 1 aliphatic heterocycles. The number of pyridine rings is 2. The van der Waals surface area contributed by atoms with Gasteiger partial charge in [-0.1, -0.05) is 0 Å². The van der Waals surface area contributed by atoms with E-state index in [1.165, 1.54) is 18.6 Å². The highest BCUT2D eigenvalue weighted by Gasteiger charge is 2.13. The van der Waals surface area contributed by atoms with Crippen LogP contribution in [0.15, 0.2) is 52.6 Å². The van der Waals surface area contributed by atoms with Crippen molar-refractivity contribution in [3.63, 3.8) is 0 Å². The molecule has 130 valence electrons. The largest absolute Gasteiger partial charge is 0.486 e. The van der Waals surface area contributed by atoms with E-state index in [1.807, 2.05) is 0 Å². The fourth-order valence-corrected chi connectivity index (χ4v) is 2.58. The third-order valence-electron chi connectivity index (χ3n) is 3.85. The van der Waals surface area contributed by atoms with Gasteiger partial charge in [-0.2, -0.15) is 5.10 Å². The first kappa shape index (κ1) is 15.8. The Balaban J connectivity index is 1.59. The smallest absolute Gasteiger partial charge is 0.271 e. The third kappa shape index (κ3) is 3.12. The Morgan fingerprint density at radius 3 is 2.65 bits per heavy atom. The summed E-state index contributed by atoms with van der Waals surface area (Å²) in [4.78, 5) is 30.7. The van der Waals surface area contributed by atoms with Crippen molar-refractivity contribution in [1.82, 2.24) is 15.4 Å². The zero-order valence-electron chi connectivity index (χ0n) is 13.6. The van der Waals surface area contributed by atoms with Crippen LogP contribution in [0.5, 0.6) is 11.5 Å². The number of nitrogens with one attached hydrogen (secondary N) is 2. The van der Waals surface area contributed by atoms with E-state index in [4.69, 9.17) is 9.47 Å². The highest BCUT2D eigenvalue weighted by atomic mass is 16.6. The predicted octanol–water partition coefficient (Wildman–Crippen LogP) is 1.46. The van der Waals surface area contributed by atoms with Crippen LogP contribution in [0.3, 0.4) is 0 Å². The molecule has 0 atom stereocenters. The van der Waals surface area contributed by atoms with Gasteiger partial charge in [-0.15, -0.1) is 0 Å². The number of ether oxygens (including phenoxy) is 2. The van der Waals surface area contributed by atoms with Crippen LogP contribution in [0.4, 0.5) is 0 Å². The van der Waals surface area contributed by atoms with Gasteiger partial charge < -0.3 is 14.5 Å². The molecule has 0 saturated carbocycles. The second-order valence-electron chi connectivity index (χ2n) is 5.57. The zero-order chi connectivity index (χ0) is 17.9. The molecule has 1 aromatic carbocycles. The number of carbonyl (C=O) groups is 1. The number of benzene rings is 1. The van der Waals surface area contributed by atoms with Crippen LogP contribution in [0, 0.1) is 0 Å². The van der Waals surface area contributed by atoms with Gasteiger partial charge in [-0.05, 0) is 24.3 Å². The normalized spacial score (nSPS) is 13.1. The number of rotatable bonds is 3. The number of nitrogens with zero attached hydrogens (tertiary/aromatic N) is 2. The number of hydrogen-bond acceptors (Lipinski definition) is 6. The lowest BCUT2D eigenvalue weighted by Gasteiger charge is -2.18. The van der Waals surface area contributed by atoms with Gasteiger partial charge in [-0.25, -0.2) is 5.43 Å². The number of hydrogen-bond donors (Lipinski definition) is 2. The summed E-state index contributed by atoms with van der Waals surface area (Å²) in [5.74, 6) is 0.843. The van der Waals surface area contributed by atoms with Crippen molar-refractivity contribution in [1.29, 1.82) is 0 Å². The Morgan fingerprint density at radius 1 is 1.15 bits per heavy atom. The van der Waals surface area contributed by atoms with Gasteiger partial charge in [0.25, 0.3) is 11.5 Å². The Morgan fingerprint density at radius 2 is 1.88 bits per heavy atom. The first-order chi connectivity index (χ1) is 12.7. The van der Waals surface area contributed by atoms with Gasteiger partial charge in [-0.3, -0.25) is 14.6 Å². The third-order valence-corrected chi connectivity index (χ3v) is 3.85. The highest BCUT2D eigenvalue weighted by molar-refractivity contribution is 5.95. The molecule has 2 aromatic heterocycles. The minimum Gasteiger partial charge on any atom is -0.486 e. The number of carbonyl (C=O) groups excluding carboxylic acids is 1. The standard InChI is InChI=1S/C18H14N4O4/c23-17-13(10-20-22-18(24)11-1-3-19-4-2-11)7-12-8-15-16(9-14(12)21-17)26-6-5-25-15/h1-4,7-10H,5-6H2,(H,21,23)(H,22,24)/b20-10+. The summed E-state index contributed by atoms with van der Waals surface area (Å²) in [7, 11) is 0. The van der Waals surface area contributed by atoms with Gasteiger partial charge in [0.2, 0.25) is 0 Å². The van der Waals surface area contributed by atoms with Crippen molar-refractivity contribution in [2.24, 2.45) is 5.10 Å².